The first-order valence-electron chi connectivity index (χ1n) is 5.69. The maximum absolute atomic E-state index is 13.0. The van der Waals surface area contributed by atoms with Crippen molar-refractivity contribution in [1.29, 1.82) is 0 Å². The molecular weight excluding hydrogens is 271 g/mol. The fourth-order valence-corrected chi connectivity index (χ4v) is 2.68. The van der Waals surface area contributed by atoms with Crippen LogP contribution < -0.4 is 0 Å². The van der Waals surface area contributed by atoms with E-state index >= 15 is 0 Å². The zero-order valence-corrected chi connectivity index (χ0v) is 11.3. The largest absolute Gasteiger partial charge is 0.339 e. The van der Waals surface area contributed by atoms with Crippen LogP contribution in [-0.2, 0) is 15.6 Å². The van der Waals surface area contributed by atoms with Gasteiger partial charge in [-0.15, -0.1) is 0 Å². The molecule has 0 radical (unpaired) electrons. The number of hydrogen-bond acceptors (Lipinski definition) is 5. The smallest absolute Gasteiger partial charge is 0.229 e. The van der Waals surface area contributed by atoms with Crippen LogP contribution in [0.5, 0.6) is 0 Å². The monoisotopic (exact) mass is 284 g/mol. The van der Waals surface area contributed by atoms with Crippen LogP contribution in [0.2, 0.25) is 0 Å². The molecule has 1 aromatic carbocycles. The first kappa shape index (κ1) is 13.7. The van der Waals surface area contributed by atoms with Crippen molar-refractivity contribution in [3.63, 3.8) is 0 Å². The van der Waals surface area contributed by atoms with Gasteiger partial charge in [-0.2, -0.15) is 4.98 Å². The number of sulfone groups is 1. The lowest BCUT2D eigenvalue weighted by Gasteiger charge is -2.01. The summed E-state index contributed by atoms with van der Waals surface area (Å²) in [6.45, 7) is 3.72. The molecule has 2 aromatic rings. The molecule has 0 aliphatic rings. The predicted octanol–water partition coefficient (Wildman–Crippen LogP) is 2.31. The van der Waals surface area contributed by atoms with Gasteiger partial charge in [-0.3, -0.25) is 0 Å². The lowest BCUT2D eigenvalue weighted by molar-refractivity contribution is 0.361. The molecule has 1 aromatic heterocycles. The zero-order chi connectivity index (χ0) is 14.0. The molecular formula is C12H13FN2O3S. The Morgan fingerprint density at radius 2 is 2.11 bits per heavy atom. The van der Waals surface area contributed by atoms with Crippen molar-refractivity contribution < 1.29 is 17.3 Å². The highest BCUT2D eigenvalue weighted by atomic mass is 32.2. The Hall–Kier alpha value is -1.76. The molecule has 0 unspecified atom stereocenters. The van der Waals surface area contributed by atoms with Crippen LogP contribution in [0.1, 0.15) is 31.5 Å². The molecule has 2 rings (SSSR count). The third kappa shape index (κ3) is 3.17. The lowest BCUT2D eigenvalue weighted by Crippen LogP contribution is -2.06. The van der Waals surface area contributed by atoms with E-state index in [9.17, 15) is 12.8 Å². The van der Waals surface area contributed by atoms with Crippen LogP contribution in [0, 0.1) is 5.82 Å². The summed E-state index contributed by atoms with van der Waals surface area (Å²) in [6.07, 6.45) is 0. The minimum atomic E-state index is -3.67. The molecule has 0 fully saturated rings. The maximum atomic E-state index is 13.0. The van der Waals surface area contributed by atoms with Crippen molar-refractivity contribution in [3.8, 4) is 0 Å². The van der Waals surface area contributed by atoms with Gasteiger partial charge in [-0.1, -0.05) is 25.1 Å². The van der Waals surface area contributed by atoms with Crippen molar-refractivity contribution >= 4 is 9.84 Å². The van der Waals surface area contributed by atoms with E-state index in [0.717, 1.165) is 6.07 Å². The fourth-order valence-electron chi connectivity index (χ4n) is 1.47. The van der Waals surface area contributed by atoms with Gasteiger partial charge in [0.25, 0.3) is 0 Å². The molecule has 0 aliphatic carbocycles. The molecule has 5 nitrogen and oxygen atoms in total. The third-order valence-electron chi connectivity index (χ3n) is 2.45. The minimum absolute atomic E-state index is 0.0260. The summed E-state index contributed by atoms with van der Waals surface area (Å²) in [5.74, 6) is -0.528. The van der Waals surface area contributed by atoms with Gasteiger partial charge in [0.2, 0.25) is 5.89 Å². The van der Waals surface area contributed by atoms with Gasteiger partial charge in [-0.25, -0.2) is 12.8 Å². The van der Waals surface area contributed by atoms with Gasteiger partial charge >= 0.3 is 0 Å². The normalized spacial score (nSPS) is 12.0. The Bertz CT molecular complexity index is 680. The summed E-state index contributed by atoms with van der Waals surface area (Å²) in [7, 11) is -3.67. The Morgan fingerprint density at radius 3 is 2.68 bits per heavy atom. The fraction of sp³-hybridized carbons (Fsp3) is 0.333. The van der Waals surface area contributed by atoms with E-state index in [4.69, 9.17) is 4.52 Å². The van der Waals surface area contributed by atoms with E-state index in [-0.39, 0.29) is 16.6 Å². The van der Waals surface area contributed by atoms with Crippen molar-refractivity contribution in [2.24, 2.45) is 0 Å². The highest BCUT2D eigenvalue weighted by Crippen LogP contribution is 2.17. The van der Waals surface area contributed by atoms with Crippen molar-refractivity contribution in [2.75, 3.05) is 0 Å². The van der Waals surface area contributed by atoms with Crippen molar-refractivity contribution in [2.45, 2.75) is 30.4 Å². The Morgan fingerprint density at radius 1 is 1.37 bits per heavy atom. The molecule has 102 valence electrons. The standard InChI is InChI=1S/C12H13FN2O3S/c1-8(2)12-14-11(15-18-12)7-19(16,17)10-5-3-4-9(13)6-10/h3-6,8H,7H2,1-2H3. The molecule has 19 heavy (non-hydrogen) atoms. The number of benzene rings is 1. The highest BCUT2D eigenvalue weighted by Gasteiger charge is 2.20. The second-order valence-corrected chi connectivity index (χ2v) is 6.41. The molecule has 0 N–H and O–H groups in total. The summed E-state index contributed by atoms with van der Waals surface area (Å²) in [4.78, 5) is 3.90. The molecule has 0 spiro atoms. The van der Waals surface area contributed by atoms with E-state index < -0.39 is 21.4 Å². The highest BCUT2D eigenvalue weighted by molar-refractivity contribution is 7.90. The quantitative estimate of drug-likeness (QED) is 0.861. The molecule has 0 saturated heterocycles. The summed E-state index contributed by atoms with van der Waals surface area (Å²) < 4.78 is 42.1. The number of nitrogens with zero attached hydrogens (tertiary/aromatic N) is 2. The van der Waals surface area contributed by atoms with Crippen LogP contribution in [0.15, 0.2) is 33.7 Å². The summed E-state index contributed by atoms with van der Waals surface area (Å²) >= 11 is 0. The molecule has 7 heteroatoms. The van der Waals surface area contributed by atoms with Gasteiger partial charge < -0.3 is 4.52 Å². The predicted molar refractivity (Wildman–Crippen MR) is 65.7 cm³/mol. The number of halogens is 1. The second-order valence-electron chi connectivity index (χ2n) is 4.42. The second kappa shape index (κ2) is 5.08. The van der Waals surface area contributed by atoms with E-state index in [2.05, 4.69) is 10.1 Å². The Kier molecular flexibility index (Phi) is 3.66. The number of aromatic nitrogens is 2. The molecule has 0 saturated carbocycles. The van der Waals surface area contributed by atoms with Crippen LogP contribution in [0.4, 0.5) is 4.39 Å². The van der Waals surface area contributed by atoms with Crippen LogP contribution in [0.3, 0.4) is 0 Å². The van der Waals surface area contributed by atoms with Gasteiger partial charge in [0.15, 0.2) is 15.7 Å². The summed E-state index contributed by atoms with van der Waals surface area (Å²) in [6, 6.07) is 4.84. The summed E-state index contributed by atoms with van der Waals surface area (Å²) in [5, 5.41) is 3.61. The van der Waals surface area contributed by atoms with Crippen LogP contribution in [-0.4, -0.2) is 18.6 Å². The summed E-state index contributed by atoms with van der Waals surface area (Å²) in [5.41, 5.74) is 0. The topological polar surface area (TPSA) is 73.1 Å². The van der Waals surface area contributed by atoms with Crippen LogP contribution >= 0.6 is 0 Å². The maximum Gasteiger partial charge on any atom is 0.229 e. The third-order valence-corrected chi connectivity index (χ3v) is 4.06. The van der Waals surface area contributed by atoms with E-state index in [1.807, 2.05) is 13.8 Å². The molecule has 1 heterocycles. The number of hydrogen-bond donors (Lipinski definition) is 0. The average molecular weight is 284 g/mol. The zero-order valence-electron chi connectivity index (χ0n) is 10.5. The Labute approximate surface area is 110 Å². The van der Waals surface area contributed by atoms with Gasteiger partial charge in [0, 0.05) is 5.92 Å². The van der Waals surface area contributed by atoms with Crippen molar-refractivity contribution in [3.05, 3.63) is 41.8 Å². The molecule has 0 atom stereocenters. The Balaban J connectivity index is 2.26. The molecule has 0 bridgehead atoms. The lowest BCUT2D eigenvalue weighted by atomic mass is 10.2. The minimum Gasteiger partial charge on any atom is -0.339 e. The van der Waals surface area contributed by atoms with Crippen LogP contribution in [0.25, 0.3) is 0 Å². The molecule has 0 aliphatic heterocycles. The first-order valence-corrected chi connectivity index (χ1v) is 7.34. The van der Waals surface area contributed by atoms with E-state index in [0.29, 0.717) is 5.89 Å². The van der Waals surface area contributed by atoms with E-state index in [1.54, 1.807) is 0 Å². The van der Waals surface area contributed by atoms with E-state index in [1.165, 1.54) is 18.2 Å². The molecule has 0 amide bonds. The van der Waals surface area contributed by atoms with Crippen molar-refractivity contribution in [1.82, 2.24) is 10.1 Å². The van der Waals surface area contributed by atoms with Gasteiger partial charge in [0.1, 0.15) is 11.6 Å². The number of rotatable bonds is 4. The first-order chi connectivity index (χ1) is 8.88. The van der Waals surface area contributed by atoms with Gasteiger partial charge in [-0.05, 0) is 18.2 Å². The van der Waals surface area contributed by atoms with Gasteiger partial charge in [0.05, 0.1) is 4.90 Å². The average Bonchev–Trinajstić information content (AvgIpc) is 2.77. The SMILES string of the molecule is CC(C)c1nc(CS(=O)(=O)c2cccc(F)c2)no1.